The number of ether oxygens (including phenoxy) is 1. The molecule has 0 fully saturated rings. The van der Waals surface area contributed by atoms with Crippen molar-refractivity contribution in [2.24, 2.45) is 0 Å². The maximum absolute atomic E-state index is 12.2. The first-order chi connectivity index (χ1) is 13.2. The highest BCUT2D eigenvalue weighted by Crippen LogP contribution is 2.35. The molecule has 2 aromatic rings. The van der Waals surface area contributed by atoms with Crippen molar-refractivity contribution in [1.82, 2.24) is 5.32 Å². The maximum Gasteiger partial charge on any atom is 0.408 e. The average molecular weight is 402 g/mol. The number of alkyl carbamates (subject to hydrolysis) is 1. The molecule has 0 spiro atoms. The molecular formula is C22H27NO4S. The summed E-state index contributed by atoms with van der Waals surface area (Å²) in [5.41, 5.74) is 2.40. The van der Waals surface area contributed by atoms with Gasteiger partial charge in [-0.1, -0.05) is 60.2 Å². The molecule has 0 aliphatic rings. The summed E-state index contributed by atoms with van der Waals surface area (Å²) < 4.78 is 5.26. The van der Waals surface area contributed by atoms with Gasteiger partial charge in [-0.3, -0.25) is 0 Å². The Balaban J connectivity index is 2.23. The van der Waals surface area contributed by atoms with Crippen molar-refractivity contribution in [3.8, 4) is 0 Å². The van der Waals surface area contributed by atoms with Gasteiger partial charge in [0, 0.05) is 5.75 Å². The van der Waals surface area contributed by atoms with Crippen LogP contribution in [0.15, 0.2) is 54.6 Å². The summed E-state index contributed by atoms with van der Waals surface area (Å²) in [7, 11) is 0. The first-order valence-corrected chi connectivity index (χ1v) is 10.1. The number of carboxylic acids is 1. The minimum Gasteiger partial charge on any atom is -0.480 e. The molecule has 5 nitrogen and oxygen atoms in total. The molecule has 2 N–H and O–H groups in total. The van der Waals surface area contributed by atoms with Gasteiger partial charge in [-0.2, -0.15) is 0 Å². The van der Waals surface area contributed by atoms with E-state index in [-0.39, 0.29) is 0 Å². The molecule has 2 aromatic carbocycles. The van der Waals surface area contributed by atoms with Crippen molar-refractivity contribution in [1.29, 1.82) is 0 Å². The number of aliphatic carboxylic acids is 1. The van der Waals surface area contributed by atoms with Crippen molar-refractivity contribution in [3.05, 3.63) is 71.3 Å². The second-order valence-electron chi connectivity index (χ2n) is 7.59. The van der Waals surface area contributed by atoms with Crippen molar-refractivity contribution in [2.45, 2.75) is 50.3 Å². The summed E-state index contributed by atoms with van der Waals surface area (Å²) in [6.07, 6.45) is -0.739. The zero-order valence-electron chi connectivity index (χ0n) is 16.6. The molecule has 28 heavy (non-hydrogen) atoms. The predicted molar refractivity (Wildman–Crippen MR) is 112 cm³/mol. The molecule has 0 saturated heterocycles. The minimum atomic E-state index is -1.12. The summed E-state index contributed by atoms with van der Waals surface area (Å²) >= 11 is 1.48. The van der Waals surface area contributed by atoms with Gasteiger partial charge in [0.2, 0.25) is 0 Å². The normalized spacial score (nSPS) is 13.4. The Morgan fingerprint density at radius 2 is 1.68 bits per heavy atom. The Hall–Kier alpha value is -2.47. The van der Waals surface area contributed by atoms with Crippen LogP contribution in [0.25, 0.3) is 0 Å². The lowest BCUT2D eigenvalue weighted by atomic mass is 10.1. The van der Waals surface area contributed by atoms with Gasteiger partial charge in [-0.15, -0.1) is 11.8 Å². The third kappa shape index (κ3) is 6.93. The van der Waals surface area contributed by atoms with E-state index >= 15 is 0 Å². The lowest BCUT2D eigenvalue weighted by molar-refractivity contribution is -0.139. The number of nitrogens with one attached hydrogen (secondary N) is 1. The second-order valence-corrected chi connectivity index (χ2v) is 8.72. The largest absolute Gasteiger partial charge is 0.480 e. The van der Waals surface area contributed by atoms with Crippen LogP contribution >= 0.6 is 11.8 Å². The summed E-state index contributed by atoms with van der Waals surface area (Å²) in [6.45, 7) is 7.24. The highest BCUT2D eigenvalue weighted by Gasteiger charge is 2.33. The molecule has 1 amide bonds. The van der Waals surface area contributed by atoms with Gasteiger partial charge in [-0.05, 0) is 38.8 Å². The highest BCUT2D eigenvalue weighted by atomic mass is 32.2. The van der Waals surface area contributed by atoms with Gasteiger partial charge >= 0.3 is 12.1 Å². The Labute approximate surface area is 170 Å². The monoisotopic (exact) mass is 401 g/mol. The van der Waals surface area contributed by atoms with E-state index in [1.165, 1.54) is 17.3 Å². The van der Waals surface area contributed by atoms with Gasteiger partial charge in [0.05, 0.1) is 5.25 Å². The van der Waals surface area contributed by atoms with Crippen LogP contribution in [0.5, 0.6) is 0 Å². The fourth-order valence-electron chi connectivity index (χ4n) is 2.60. The molecule has 0 bridgehead atoms. The number of amides is 1. The third-order valence-corrected chi connectivity index (χ3v) is 5.32. The Morgan fingerprint density at radius 3 is 2.21 bits per heavy atom. The number of benzene rings is 2. The number of aryl methyl sites for hydroxylation is 1. The number of carboxylic acid groups (broad SMARTS) is 1. The SMILES string of the molecule is Cc1ccc(CSC(c2ccccc2)C(NC(=O)OC(C)(C)C)C(=O)O)cc1. The van der Waals surface area contributed by atoms with E-state index < -0.39 is 29.0 Å². The first-order valence-electron chi connectivity index (χ1n) is 9.10. The van der Waals surface area contributed by atoms with E-state index in [0.29, 0.717) is 5.75 Å². The molecule has 2 unspecified atom stereocenters. The highest BCUT2D eigenvalue weighted by molar-refractivity contribution is 7.98. The van der Waals surface area contributed by atoms with Gasteiger partial charge in [0.25, 0.3) is 0 Å². The Kier molecular flexibility index (Phi) is 7.52. The summed E-state index contributed by atoms with van der Waals surface area (Å²) in [6, 6.07) is 16.3. The van der Waals surface area contributed by atoms with Crippen molar-refractivity contribution < 1.29 is 19.4 Å². The third-order valence-electron chi connectivity index (χ3n) is 3.92. The summed E-state index contributed by atoms with van der Waals surface area (Å²) in [5.74, 6) is -0.476. The number of thioether (sulfide) groups is 1. The fourth-order valence-corrected chi connectivity index (χ4v) is 3.89. The zero-order chi connectivity index (χ0) is 20.7. The Bertz CT molecular complexity index is 784. The van der Waals surface area contributed by atoms with Crippen LogP contribution < -0.4 is 5.32 Å². The maximum atomic E-state index is 12.2. The lowest BCUT2D eigenvalue weighted by Gasteiger charge is -2.27. The smallest absolute Gasteiger partial charge is 0.408 e. The zero-order valence-corrected chi connectivity index (χ0v) is 17.5. The lowest BCUT2D eigenvalue weighted by Crippen LogP contribution is -2.46. The second kappa shape index (κ2) is 9.64. The van der Waals surface area contributed by atoms with Gasteiger partial charge in [0.1, 0.15) is 11.6 Å². The minimum absolute atomic E-state index is 0.465. The standard InChI is InChI=1S/C22H27NO4S/c1-15-10-12-16(13-11-15)14-28-19(17-8-6-5-7-9-17)18(20(24)25)23-21(26)27-22(2,3)4/h5-13,18-19H,14H2,1-4H3,(H,23,26)(H,24,25). The van der Waals surface area contributed by atoms with Crippen molar-refractivity contribution >= 4 is 23.8 Å². The van der Waals surface area contributed by atoms with E-state index in [9.17, 15) is 14.7 Å². The van der Waals surface area contributed by atoms with Crippen LogP contribution in [0.1, 0.15) is 42.7 Å². The molecular weight excluding hydrogens is 374 g/mol. The van der Waals surface area contributed by atoms with E-state index in [1.54, 1.807) is 20.8 Å². The molecule has 0 aliphatic heterocycles. The van der Waals surface area contributed by atoms with Crippen LogP contribution in [0.3, 0.4) is 0 Å². The molecule has 0 aromatic heterocycles. The van der Waals surface area contributed by atoms with E-state index in [1.807, 2.05) is 61.5 Å². The molecule has 0 heterocycles. The van der Waals surface area contributed by atoms with Crippen molar-refractivity contribution in [3.63, 3.8) is 0 Å². The van der Waals surface area contributed by atoms with E-state index in [4.69, 9.17) is 4.74 Å². The van der Waals surface area contributed by atoms with Gasteiger partial charge in [0.15, 0.2) is 0 Å². The molecule has 6 heteroatoms. The quantitative estimate of drug-likeness (QED) is 0.687. The molecule has 0 aliphatic carbocycles. The van der Waals surface area contributed by atoms with Crippen LogP contribution in [-0.2, 0) is 15.3 Å². The molecule has 2 atom stereocenters. The van der Waals surface area contributed by atoms with Gasteiger partial charge < -0.3 is 15.2 Å². The average Bonchev–Trinajstić information content (AvgIpc) is 2.61. The fraction of sp³-hybridized carbons (Fsp3) is 0.364. The first kappa shape index (κ1) is 21.8. The predicted octanol–water partition coefficient (Wildman–Crippen LogP) is 4.95. The summed E-state index contributed by atoms with van der Waals surface area (Å²) in [5, 5.41) is 11.9. The number of hydrogen-bond acceptors (Lipinski definition) is 4. The number of hydrogen-bond donors (Lipinski definition) is 2. The number of carbonyl (C=O) groups is 2. The summed E-state index contributed by atoms with van der Waals surface area (Å²) in [4.78, 5) is 24.2. The molecule has 0 saturated carbocycles. The number of carbonyl (C=O) groups excluding carboxylic acids is 1. The van der Waals surface area contributed by atoms with Crippen LogP contribution in [0.4, 0.5) is 4.79 Å². The molecule has 2 rings (SSSR count). The molecule has 0 radical (unpaired) electrons. The number of rotatable bonds is 7. The topological polar surface area (TPSA) is 75.6 Å². The van der Waals surface area contributed by atoms with E-state index in [2.05, 4.69) is 5.32 Å². The Morgan fingerprint density at radius 1 is 1.07 bits per heavy atom. The van der Waals surface area contributed by atoms with Crippen molar-refractivity contribution in [2.75, 3.05) is 0 Å². The van der Waals surface area contributed by atoms with Gasteiger partial charge in [-0.25, -0.2) is 9.59 Å². The molecule has 150 valence electrons. The van der Waals surface area contributed by atoms with E-state index in [0.717, 1.165) is 11.1 Å². The van der Waals surface area contributed by atoms with Crippen LogP contribution in [0.2, 0.25) is 0 Å². The van der Waals surface area contributed by atoms with Crippen LogP contribution in [0, 0.1) is 6.92 Å². The van der Waals surface area contributed by atoms with Crippen LogP contribution in [-0.4, -0.2) is 28.8 Å².